The number of aromatic nitrogens is 2. The fourth-order valence-electron chi connectivity index (χ4n) is 15.2. The predicted molar refractivity (Wildman–Crippen MR) is 339 cm³/mol. The van der Waals surface area contributed by atoms with E-state index in [1.807, 2.05) is 87.4 Å². The van der Waals surface area contributed by atoms with Crippen molar-refractivity contribution in [2.45, 2.75) is 176 Å². The molecular formula is C63H91CoN13O14P. The Bertz CT molecular complexity index is 3470. The summed E-state index contributed by atoms with van der Waals surface area (Å²) in [7, 11) is -5.30. The molecular weight excluding hydrogens is 1250 g/mol. The van der Waals surface area contributed by atoms with E-state index >= 15 is 0 Å². The van der Waals surface area contributed by atoms with Crippen LogP contribution in [0.1, 0.15) is 137 Å². The molecule has 4 unspecified atom stereocenters. The Labute approximate surface area is 547 Å². The molecule has 1 aromatic carbocycles. The largest absolute Gasteiger partial charge is 3.00 e. The second kappa shape index (κ2) is 28.6. The number of carbonyl (C=O) groups is 7. The Kier molecular flexibility index (Phi) is 23.2. The number of aliphatic hydroxyl groups excluding tert-OH is 2. The number of aliphatic hydroxyl groups is 2. The number of carbonyl (C=O) groups excluding carboxylic acids is 7. The van der Waals surface area contributed by atoms with Gasteiger partial charge in [-0.15, -0.1) is 0 Å². The summed E-state index contributed by atoms with van der Waals surface area (Å²) >= 11 is 0. The van der Waals surface area contributed by atoms with Gasteiger partial charge in [-0.1, -0.05) is 40.7 Å². The maximum atomic E-state index is 14.4. The SMILES string of the molecule is CC1=C2[N-]C(=CC3=NC(=C(C)C4=N[C@@](C)([C@@H]5N=C1[C@](C)(CCC(=O)NC[C@@H](C)OP(=O)([O-])OC1C(O)C(n6cnc7cc(C)c(C)cc76)O[C@@H]1CO)[C@H]5CNC=O)[C@@](C)(CNC=O)[C@@H]4CCC(N)=O)[C@@](C)(CC(N)=O)[C@@H]3CCC(N)=O)C(C)(C)[C@@H]2CCC(N)=O.[CH3-].[Co+3]. The Balaban J connectivity index is 0.00000672. The number of aryl methyl sites for hydroxylation is 2. The molecule has 2 aromatic rings. The topological polar surface area (TPSA) is 437 Å². The minimum absolute atomic E-state index is 0. The first-order valence-electron chi connectivity index (χ1n) is 30.6. The Morgan fingerprint density at radius 2 is 1.48 bits per heavy atom. The molecule has 13 N–H and O–H groups in total. The quantitative estimate of drug-likeness (QED) is 0.0334. The van der Waals surface area contributed by atoms with Crippen LogP contribution in [0.3, 0.4) is 0 Å². The van der Waals surface area contributed by atoms with Gasteiger partial charge in [0.15, 0.2) is 6.23 Å². The molecule has 2 saturated heterocycles. The van der Waals surface area contributed by atoms with Gasteiger partial charge in [0.25, 0.3) is 7.82 Å². The van der Waals surface area contributed by atoms with Crippen molar-refractivity contribution >= 4 is 78.3 Å². The van der Waals surface area contributed by atoms with E-state index < -0.39 is 132 Å². The van der Waals surface area contributed by atoms with Crippen LogP contribution in [0.15, 0.2) is 67.8 Å². The zero-order valence-electron chi connectivity index (χ0n) is 54.5. The van der Waals surface area contributed by atoms with Gasteiger partial charge in [-0.2, -0.15) is 11.4 Å². The fourth-order valence-corrected chi connectivity index (χ4v) is 16.3. The Hall–Kier alpha value is -6.49. The van der Waals surface area contributed by atoms with Crippen molar-refractivity contribution in [2.24, 2.45) is 83.2 Å². The van der Waals surface area contributed by atoms with Gasteiger partial charge in [-0.3, -0.25) is 53.1 Å². The summed E-state index contributed by atoms with van der Waals surface area (Å²) in [4.78, 5) is 126. The molecule has 27 nitrogen and oxygen atoms in total. The minimum Gasteiger partial charge on any atom is -0.756 e. The van der Waals surface area contributed by atoms with Gasteiger partial charge >= 0.3 is 16.8 Å². The molecule has 92 heavy (non-hydrogen) atoms. The number of hydrogen-bond acceptors (Lipinski definition) is 18. The van der Waals surface area contributed by atoms with Crippen LogP contribution >= 0.6 is 7.82 Å². The number of aliphatic imine (C=N–C) groups is 3. The second-order valence-corrected chi connectivity index (χ2v) is 28.0. The van der Waals surface area contributed by atoms with E-state index in [0.29, 0.717) is 69.2 Å². The molecule has 8 bridgehead atoms. The normalized spacial score (nSPS) is 31.3. The van der Waals surface area contributed by atoms with Crippen LogP contribution in [0.2, 0.25) is 0 Å². The fraction of sp³-hybridized carbons (Fsp3) is 0.619. The molecule has 506 valence electrons. The van der Waals surface area contributed by atoms with Crippen LogP contribution in [0.5, 0.6) is 0 Å². The molecule has 0 saturated carbocycles. The minimum atomic E-state index is -5.30. The van der Waals surface area contributed by atoms with Gasteiger partial charge in [0.2, 0.25) is 42.4 Å². The first kappa shape index (κ1) is 74.5. The number of nitrogens with two attached hydrogens (primary N) is 4. The number of hydrogen-bond donors (Lipinski definition) is 9. The number of primary amides is 4. The van der Waals surface area contributed by atoms with Gasteiger partial charge in [-0.05, 0) is 113 Å². The molecule has 15 atom stereocenters. The van der Waals surface area contributed by atoms with E-state index in [1.165, 1.54) is 13.3 Å². The number of benzene rings is 1. The summed E-state index contributed by atoms with van der Waals surface area (Å²) in [5.41, 5.74) is 25.4. The molecule has 6 aliphatic rings. The number of rotatable bonds is 28. The number of amides is 7. The number of phosphoric ester groups is 1. The molecule has 8 rings (SSSR count). The van der Waals surface area contributed by atoms with Crippen molar-refractivity contribution in [2.75, 3.05) is 26.2 Å². The number of imidazole rings is 1. The smallest absolute Gasteiger partial charge is 0.756 e. The standard InChI is InChI=1S/C62H90N13O14P.CH3.Co/c1-31-20-41-42(21-32(31)2)75(28-70-41)57-52(84)53(43(26-76)87-57)89-90(85,86)88-33(3)24-69-49(83)18-19-59(8)39(25-67-29-77)56-62(11)61(10,27-68-30-78)38(14-17-47(65)81)51(74-62)35(5)55-60(9,23-48(66)82)36(12-15-45(63)79)40(71-55)22-44-58(6,7)37(13-16-46(64)80)50(72-44)34(4)54(59)73-56;;/h20-22,28-30,33,36-39,43,52-53,56-57,76,84H,12-19,23-27H2,1-11H3,(H13,63,64,65,66,67,68,69,71,72,73,74,77,78,79,80,81,82,83,85,86);1H3;/q;-1;+3/p-2/t33-,36-,37-,38-,39+,43-,52?,53?,56-,57?,59-,60+,61+,62+;;/m1../s1. The second-order valence-electron chi connectivity index (χ2n) is 26.7. The van der Waals surface area contributed by atoms with Crippen molar-refractivity contribution < 1.29 is 83.8 Å². The molecule has 0 spiro atoms. The van der Waals surface area contributed by atoms with Crippen LogP contribution < -0.4 is 43.8 Å². The average Bonchev–Trinajstić information content (AvgIpc) is 1.54. The van der Waals surface area contributed by atoms with Gasteiger partial charge in [0.1, 0.15) is 18.3 Å². The number of nitrogens with zero attached hydrogens (tertiary/aromatic N) is 6. The van der Waals surface area contributed by atoms with E-state index in [1.54, 1.807) is 4.57 Å². The van der Waals surface area contributed by atoms with Gasteiger partial charge in [-0.25, -0.2) is 4.98 Å². The third kappa shape index (κ3) is 14.1. The molecule has 29 heteroatoms. The summed E-state index contributed by atoms with van der Waals surface area (Å²) in [5, 5.41) is 35.8. The summed E-state index contributed by atoms with van der Waals surface area (Å²) in [6, 6.07) is 2.83. The van der Waals surface area contributed by atoms with Crippen molar-refractivity contribution in [1.29, 1.82) is 0 Å². The molecule has 2 fully saturated rings. The van der Waals surface area contributed by atoms with Crippen LogP contribution in [0.4, 0.5) is 0 Å². The maximum Gasteiger partial charge on any atom is 3.00 e. The van der Waals surface area contributed by atoms with E-state index in [-0.39, 0.29) is 102 Å². The van der Waals surface area contributed by atoms with Crippen molar-refractivity contribution in [3.8, 4) is 0 Å². The van der Waals surface area contributed by atoms with Gasteiger partial charge in [0.05, 0.1) is 47.3 Å². The Morgan fingerprint density at radius 1 is 0.870 bits per heavy atom. The number of fused-ring (bicyclic) bond motifs is 7. The van der Waals surface area contributed by atoms with Gasteiger partial charge < -0.3 is 85.1 Å². The zero-order valence-corrected chi connectivity index (χ0v) is 56.4. The van der Waals surface area contributed by atoms with Crippen molar-refractivity contribution in [1.82, 2.24) is 25.5 Å². The summed E-state index contributed by atoms with van der Waals surface area (Å²) in [5.74, 6) is -5.38. The molecule has 7 heterocycles. The average molecular weight is 1340 g/mol. The zero-order chi connectivity index (χ0) is 66.4. The van der Waals surface area contributed by atoms with Crippen LogP contribution in [-0.2, 0) is 68.7 Å². The van der Waals surface area contributed by atoms with Crippen LogP contribution in [0, 0.1) is 66.6 Å². The predicted octanol–water partition coefficient (Wildman–Crippen LogP) is 3.50. The number of nitrogens with one attached hydrogen (secondary N) is 3. The summed E-state index contributed by atoms with van der Waals surface area (Å²) in [6.45, 7) is 19.5. The van der Waals surface area contributed by atoms with Crippen molar-refractivity contribution in [3.05, 3.63) is 76.6 Å². The first-order chi connectivity index (χ1) is 42.1. The summed E-state index contributed by atoms with van der Waals surface area (Å²) < 4.78 is 31.9. The van der Waals surface area contributed by atoms with Gasteiger partial charge in [0, 0.05) is 103 Å². The Morgan fingerprint density at radius 3 is 2.08 bits per heavy atom. The maximum absolute atomic E-state index is 14.4. The van der Waals surface area contributed by atoms with Crippen molar-refractivity contribution in [3.63, 3.8) is 0 Å². The number of phosphoric acid groups is 1. The van der Waals surface area contributed by atoms with E-state index in [9.17, 15) is 53.2 Å². The molecule has 7 amide bonds. The third-order valence-electron chi connectivity index (χ3n) is 20.5. The number of allylic oxidation sites excluding steroid dienone is 6. The van der Waals surface area contributed by atoms with Crippen LogP contribution in [-0.4, -0.2) is 141 Å². The van der Waals surface area contributed by atoms with E-state index in [4.69, 9.17) is 57.0 Å². The number of ether oxygens (including phenoxy) is 1. The molecule has 1 aromatic heterocycles. The monoisotopic (exact) mass is 1340 g/mol. The van der Waals surface area contributed by atoms with E-state index in [2.05, 4.69) is 20.9 Å². The summed E-state index contributed by atoms with van der Waals surface area (Å²) in [6.07, 6.45) is -2.46. The third-order valence-corrected chi connectivity index (χ3v) is 21.6. The molecule has 0 aliphatic carbocycles. The molecule has 0 radical (unpaired) electrons. The molecule has 6 aliphatic heterocycles. The van der Waals surface area contributed by atoms with Crippen LogP contribution in [0.25, 0.3) is 16.4 Å². The first-order valence-corrected chi connectivity index (χ1v) is 32.0. The van der Waals surface area contributed by atoms with E-state index in [0.717, 1.165) is 11.1 Å².